The smallest absolute Gasteiger partial charge is 0.462 e. The van der Waals surface area contributed by atoms with Crippen molar-refractivity contribution in [3.63, 3.8) is 0 Å². The fourth-order valence-corrected chi connectivity index (χ4v) is 8.33. The molecule has 0 rings (SSSR count). The van der Waals surface area contributed by atoms with E-state index in [1.165, 1.54) is 0 Å². The topological polar surface area (TPSA) is 108 Å². The predicted molar refractivity (Wildman–Crippen MR) is 371 cm³/mol. The maximum absolute atomic E-state index is 12.8. The summed E-state index contributed by atoms with van der Waals surface area (Å²) in [5.74, 6) is -0.899. The van der Waals surface area contributed by atoms with Gasteiger partial charge in [0, 0.05) is 12.8 Å². The van der Waals surface area contributed by atoms with E-state index in [4.69, 9.17) is 18.5 Å². The third kappa shape index (κ3) is 67.5. The molecule has 0 saturated carbocycles. The predicted octanol–water partition coefficient (Wildman–Crippen LogP) is 21.3. The van der Waals surface area contributed by atoms with Gasteiger partial charge in [-0.25, -0.2) is 4.57 Å². The molecule has 0 aromatic heterocycles. The van der Waals surface area contributed by atoms with Crippen molar-refractivity contribution >= 4 is 19.8 Å². The fourth-order valence-electron chi connectivity index (χ4n) is 7.59. The molecule has 0 aliphatic rings. The van der Waals surface area contributed by atoms with Crippen molar-refractivity contribution < 1.29 is 42.1 Å². The number of ether oxygens (including phenoxy) is 2. The van der Waals surface area contributed by atoms with Crippen LogP contribution in [-0.2, 0) is 32.7 Å². The Labute approximate surface area is 525 Å². The summed E-state index contributed by atoms with van der Waals surface area (Å²) in [6.45, 7) is 4.08. The van der Waals surface area contributed by atoms with E-state index in [1.807, 2.05) is 21.1 Å². The minimum atomic E-state index is -4.42. The average molecular weight is 1200 g/mol. The first-order valence-corrected chi connectivity index (χ1v) is 34.0. The molecule has 478 valence electrons. The Balaban J connectivity index is 4.28. The highest BCUT2D eigenvalue weighted by atomic mass is 31.2. The Morgan fingerprint density at radius 3 is 0.942 bits per heavy atom. The monoisotopic (exact) mass is 1200 g/mol. The van der Waals surface area contributed by atoms with Crippen LogP contribution in [0.1, 0.15) is 194 Å². The van der Waals surface area contributed by atoms with Crippen LogP contribution in [0.25, 0.3) is 0 Å². The summed E-state index contributed by atoms with van der Waals surface area (Å²) in [5, 5.41) is 0. The molecule has 0 radical (unpaired) electrons. The van der Waals surface area contributed by atoms with Crippen LogP contribution in [0.5, 0.6) is 0 Å². The number of phosphoric acid groups is 1. The molecule has 10 heteroatoms. The zero-order valence-corrected chi connectivity index (χ0v) is 55.1. The second-order valence-electron chi connectivity index (χ2n) is 21.7. The third-order valence-electron chi connectivity index (χ3n) is 12.5. The molecular weight excluding hydrogens is 1090 g/mol. The second-order valence-corrected chi connectivity index (χ2v) is 23.1. The number of rotatable bonds is 56. The molecule has 0 aliphatic carbocycles. The molecule has 2 atom stereocenters. The van der Waals surface area contributed by atoms with Crippen LogP contribution in [0.15, 0.2) is 219 Å². The maximum atomic E-state index is 12.8. The Morgan fingerprint density at radius 1 is 0.360 bits per heavy atom. The first-order chi connectivity index (χ1) is 42.0. The van der Waals surface area contributed by atoms with Crippen molar-refractivity contribution in [1.82, 2.24) is 0 Å². The molecule has 0 aromatic carbocycles. The zero-order chi connectivity index (χ0) is 62.6. The Bertz CT molecular complexity index is 2250. The van der Waals surface area contributed by atoms with Crippen LogP contribution in [0.2, 0.25) is 0 Å². The zero-order valence-electron chi connectivity index (χ0n) is 54.2. The van der Waals surface area contributed by atoms with Gasteiger partial charge in [0.25, 0.3) is 0 Å². The average Bonchev–Trinajstić information content (AvgIpc) is 3.70. The molecule has 9 nitrogen and oxygen atoms in total. The van der Waals surface area contributed by atoms with Gasteiger partial charge in [0.1, 0.15) is 19.8 Å². The number of esters is 2. The van der Waals surface area contributed by atoms with Gasteiger partial charge in [-0.2, -0.15) is 0 Å². The number of phosphoric ester groups is 1. The largest absolute Gasteiger partial charge is 0.472 e. The van der Waals surface area contributed by atoms with Crippen molar-refractivity contribution in [2.24, 2.45) is 0 Å². The molecule has 86 heavy (non-hydrogen) atoms. The lowest BCUT2D eigenvalue weighted by Crippen LogP contribution is -2.37. The fraction of sp³-hybridized carbons (Fsp3) is 0.500. The lowest BCUT2D eigenvalue weighted by Gasteiger charge is -2.24. The van der Waals surface area contributed by atoms with E-state index < -0.39 is 32.5 Å². The van der Waals surface area contributed by atoms with Crippen LogP contribution in [0.4, 0.5) is 0 Å². The lowest BCUT2D eigenvalue weighted by molar-refractivity contribution is -0.870. The quantitative estimate of drug-likeness (QED) is 0.0211. The summed E-state index contributed by atoms with van der Waals surface area (Å²) in [4.78, 5) is 35.7. The number of hydrogen-bond donors (Lipinski definition) is 1. The minimum Gasteiger partial charge on any atom is -0.462 e. The summed E-state index contributed by atoms with van der Waals surface area (Å²) in [6.07, 6.45) is 103. The first-order valence-electron chi connectivity index (χ1n) is 32.5. The van der Waals surface area contributed by atoms with Crippen LogP contribution in [-0.4, -0.2) is 74.9 Å². The van der Waals surface area contributed by atoms with Gasteiger partial charge in [0.05, 0.1) is 27.7 Å². The molecule has 2 unspecified atom stereocenters. The third-order valence-corrected chi connectivity index (χ3v) is 13.5. The van der Waals surface area contributed by atoms with Gasteiger partial charge in [-0.05, 0) is 154 Å². The van der Waals surface area contributed by atoms with E-state index >= 15 is 0 Å². The highest BCUT2D eigenvalue weighted by molar-refractivity contribution is 7.47. The normalized spacial score (nSPS) is 14.6. The minimum absolute atomic E-state index is 0.00583. The molecule has 0 aliphatic heterocycles. The summed E-state index contributed by atoms with van der Waals surface area (Å²) in [5.41, 5.74) is 0. The Morgan fingerprint density at radius 2 is 0.628 bits per heavy atom. The van der Waals surface area contributed by atoms with Crippen molar-refractivity contribution in [3.05, 3.63) is 219 Å². The molecule has 0 fully saturated rings. The van der Waals surface area contributed by atoms with E-state index in [-0.39, 0.29) is 26.1 Å². The van der Waals surface area contributed by atoms with E-state index in [1.54, 1.807) is 0 Å². The molecule has 0 saturated heterocycles. The van der Waals surface area contributed by atoms with Gasteiger partial charge in [-0.15, -0.1) is 0 Å². The van der Waals surface area contributed by atoms with E-state index in [0.29, 0.717) is 23.9 Å². The number of carbonyl (C=O) groups excluding carboxylic acids is 2. The molecular formula is C76H117NO8P+. The van der Waals surface area contributed by atoms with Crippen LogP contribution in [0.3, 0.4) is 0 Å². The van der Waals surface area contributed by atoms with Gasteiger partial charge in [-0.1, -0.05) is 245 Å². The van der Waals surface area contributed by atoms with Gasteiger partial charge in [0.15, 0.2) is 6.10 Å². The van der Waals surface area contributed by atoms with Crippen molar-refractivity contribution in [2.45, 2.75) is 200 Å². The number of quaternary nitrogens is 1. The van der Waals surface area contributed by atoms with Gasteiger partial charge < -0.3 is 18.9 Å². The van der Waals surface area contributed by atoms with Crippen LogP contribution in [0, 0.1) is 0 Å². The van der Waals surface area contributed by atoms with Crippen LogP contribution < -0.4 is 0 Å². The van der Waals surface area contributed by atoms with Crippen molar-refractivity contribution in [2.75, 3.05) is 47.5 Å². The highest BCUT2D eigenvalue weighted by Crippen LogP contribution is 2.43. The van der Waals surface area contributed by atoms with Gasteiger partial charge in [-0.3, -0.25) is 18.6 Å². The number of unbranched alkanes of at least 4 members (excludes halogenated alkanes) is 6. The molecule has 0 amide bonds. The maximum Gasteiger partial charge on any atom is 0.472 e. The second kappa shape index (κ2) is 63.8. The number of nitrogens with zero attached hydrogens (tertiary/aromatic N) is 1. The molecule has 0 bridgehead atoms. The standard InChI is InChI=1S/C76H116NO8P/c1-6-8-10-12-14-16-18-20-22-24-26-28-29-30-31-32-33-34-35-36-37-38-39-40-41-42-43-44-45-46-47-49-51-53-55-57-59-61-63-65-67-69-76(79)85-74(73-84-86(80,81)83-71-70-77(3,4)5)72-82-75(78)68-66-64-62-60-58-56-54-52-50-48-27-25-23-21-19-17-15-13-11-9-7-2/h8-11,14-17,20-23,26-28,30-31,33-34,36-37,39-40,42-43,45-46,48-49,51-52,54-55,57-58,60,74H,6-7,12-13,18-19,24-25,29,32,35,38,41,44,47,50,53,56,59,61-73H2,1-5H3/p+1/b10-8-,11-9-,16-14-,17-15-,22-20-,23-21-,28-26-,31-30-,34-33-,37-36-,40-39-,43-42-,46-45-,48-27-,51-49-,54-52-,57-55-,60-58-. The number of likely N-dealkylation sites (N-methyl/N-ethyl adjacent to an activating group) is 1. The molecule has 1 N–H and O–H groups in total. The Kier molecular flexibility index (Phi) is 59.6. The number of carbonyl (C=O) groups is 2. The molecule has 0 heterocycles. The van der Waals surface area contributed by atoms with E-state index in [0.717, 1.165) is 154 Å². The SMILES string of the molecule is CC/C=C\C/C=C\C/C=C\C/C=C\C/C=C\C/C=C\C/C=C\C/C=C\C/C=C\C/C=C\C/C=C\C/C=C\CCCCCCC(=O)OC(COC(=O)CCCC/C=C\C/C=C\C/C=C\C/C=C\C/C=C\C/C=C\CC)COP(=O)(O)OCC[N+](C)(C)C. The van der Waals surface area contributed by atoms with Crippen molar-refractivity contribution in [3.8, 4) is 0 Å². The summed E-state index contributed by atoms with van der Waals surface area (Å²) in [6, 6.07) is 0. The van der Waals surface area contributed by atoms with Gasteiger partial charge >= 0.3 is 19.8 Å². The van der Waals surface area contributed by atoms with Crippen LogP contribution >= 0.6 is 7.82 Å². The summed E-state index contributed by atoms with van der Waals surface area (Å²) in [7, 11) is 1.40. The van der Waals surface area contributed by atoms with Crippen molar-refractivity contribution in [1.29, 1.82) is 0 Å². The highest BCUT2D eigenvalue weighted by Gasteiger charge is 2.27. The number of hydrogen-bond acceptors (Lipinski definition) is 7. The number of allylic oxidation sites excluding steroid dienone is 36. The van der Waals surface area contributed by atoms with E-state index in [2.05, 4.69) is 233 Å². The van der Waals surface area contributed by atoms with Gasteiger partial charge in [0.2, 0.25) is 0 Å². The van der Waals surface area contributed by atoms with E-state index in [9.17, 15) is 19.0 Å². The summed E-state index contributed by atoms with van der Waals surface area (Å²) >= 11 is 0. The molecule has 0 aromatic rings. The lowest BCUT2D eigenvalue weighted by atomic mass is 10.1. The Hall–Kier alpha value is -5.67. The first kappa shape index (κ1) is 80.3. The summed E-state index contributed by atoms with van der Waals surface area (Å²) < 4.78 is 34.5. The molecule has 0 spiro atoms.